The summed E-state index contributed by atoms with van der Waals surface area (Å²) in [7, 11) is 9.87. The molecule has 0 atom stereocenters. The molecule has 66 valence electrons. The van der Waals surface area contributed by atoms with Crippen molar-refractivity contribution < 1.29 is 9.53 Å². The molecule has 0 N–H and O–H groups in total. The SMILES string of the molecule is CCCCOC(C)=O.[Cl][Sn][Cl]. The fourth-order valence-electron chi connectivity index (χ4n) is 0.360. The summed E-state index contributed by atoms with van der Waals surface area (Å²) in [4.78, 5) is 10.1. The van der Waals surface area contributed by atoms with Crippen molar-refractivity contribution in [2.75, 3.05) is 6.61 Å². The first-order valence-electron chi connectivity index (χ1n) is 3.28. The number of hydrogen-bond donors (Lipinski definition) is 0. The molecule has 0 amide bonds. The zero-order valence-corrected chi connectivity index (χ0v) is 11.1. The Balaban J connectivity index is 0. The molecule has 0 bridgehead atoms. The number of unbranched alkanes of at least 4 members (excludes halogenated alkanes) is 1. The van der Waals surface area contributed by atoms with Gasteiger partial charge in [0.15, 0.2) is 0 Å². The molecule has 5 heteroatoms. The van der Waals surface area contributed by atoms with Gasteiger partial charge < -0.3 is 4.74 Å². The van der Waals surface area contributed by atoms with Gasteiger partial charge in [-0.25, -0.2) is 0 Å². The van der Waals surface area contributed by atoms with Crippen LogP contribution in [-0.4, -0.2) is 31.5 Å². The van der Waals surface area contributed by atoms with Crippen molar-refractivity contribution in [3.63, 3.8) is 0 Å². The van der Waals surface area contributed by atoms with Crippen LogP contribution in [0, 0.1) is 0 Å². The molecule has 0 aliphatic rings. The first kappa shape index (κ1) is 14.4. The van der Waals surface area contributed by atoms with Gasteiger partial charge in [-0.3, -0.25) is 4.79 Å². The van der Waals surface area contributed by atoms with Gasteiger partial charge in [-0.1, -0.05) is 13.3 Å². The van der Waals surface area contributed by atoms with Crippen LogP contribution >= 0.6 is 17.8 Å². The van der Waals surface area contributed by atoms with Gasteiger partial charge in [-0.05, 0) is 6.42 Å². The Bertz CT molecular complexity index is 90.7. The first-order valence-corrected chi connectivity index (χ1v) is 10.5. The Hall–Kier alpha value is 0.849. The summed E-state index contributed by atoms with van der Waals surface area (Å²) >= 11 is -0.826. The van der Waals surface area contributed by atoms with E-state index in [1.54, 1.807) is 0 Å². The Morgan fingerprint density at radius 2 is 2.00 bits per heavy atom. The first-order chi connectivity index (χ1) is 5.18. The number of carbonyl (C=O) groups is 1. The van der Waals surface area contributed by atoms with E-state index in [-0.39, 0.29) is 5.97 Å². The van der Waals surface area contributed by atoms with Gasteiger partial charge in [0.25, 0.3) is 0 Å². The van der Waals surface area contributed by atoms with E-state index in [1.165, 1.54) is 6.92 Å². The Morgan fingerprint density at radius 1 is 1.55 bits per heavy atom. The number of esters is 1. The number of halogens is 2. The van der Waals surface area contributed by atoms with Crippen LogP contribution < -0.4 is 0 Å². The zero-order valence-electron chi connectivity index (χ0n) is 6.69. The average Bonchev–Trinajstić information content (AvgIpc) is 1.89. The third-order valence-corrected chi connectivity index (χ3v) is 0.803. The zero-order chi connectivity index (χ0) is 9.11. The molecule has 0 aromatic carbocycles. The van der Waals surface area contributed by atoms with Gasteiger partial charge in [-0.2, -0.15) is 0 Å². The molecule has 0 saturated heterocycles. The second kappa shape index (κ2) is 13.4. The molecule has 0 aliphatic carbocycles. The fraction of sp³-hybridized carbons (Fsp3) is 0.833. The molecule has 0 aromatic rings. The van der Waals surface area contributed by atoms with Gasteiger partial charge in [0.2, 0.25) is 0 Å². The summed E-state index contributed by atoms with van der Waals surface area (Å²) in [6.07, 6.45) is 2.05. The summed E-state index contributed by atoms with van der Waals surface area (Å²) in [5, 5.41) is 0. The number of ether oxygens (including phenoxy) is 1. The van der Waals surface area contributed by atoms with E-state index in [0.29, 0.717) is 6.61 Å². The van der Waals surface area contributed by atoms with Crippen molar-refractivity contribution in [3.05, 3.63) is 0 Å². The average molecular weight is 306 g/mol. The van der Waals surface area contributed by atoms with Gasteiger partial charge in [-0.15, -0.1) is 0 Å². The number of hydrogen-bond acceptors (Lipinski definition) is 2. The number of carbonyl (C=O) groups excluding carboxylic acids is 1. The van der Waals surface area contributed by atoms with Gasteiger partial charge in [0.05, 0.1) is 6.61 Å². The Labute approximate surface area is 85.2 Å². The van der Waals surface area contributed by atoms with Crippen LogP contribution in [0.4, 0.5) is 0 Å². The third-order valence-electron chi connectivity index (χ3n) is 0.803. The summed E-state index contributed by atoms with van der Waals surface area (Å²) < 4.78 is 4.64. The molecule has 0 aromatic heterocycles. The van der Waals surface area contributed by atoms with Crippen LogP contribution in [0.3, 0.4) is 0 Å². The van der Waals surface area contributed by atoms with Crippen molar-refractivity contribution in [1.82, 2.24) is 0 Å². The molecular weight excluding hydrogens is 294 g/mol. The molecule has 0 fully saturated rings. The van der Waals surface area contributed by atoms with Crippen molar-refractivity contribution >= 4 is 42.7 Å². The molecule has 0 spiro atoms. The molecular formula is C6H12Cl2O2Sn. The van der Waals surface area contributed by atoms with Crippen molar-refractivity contribution in [3.8, 4) is 0 Å². The van der Waals surface area contributed by atoms with Gasteiger partial charge >= 0.3 is 42.7 Å². The molecule has 0 rings (SSSR count). The van der Waals surface area contributed by atoms with Crippen molar-refractivity contribution in [2.24, 2.45) is 0 Å². The Morgan fingerprint density at radius 3 is 2.27 bits per heavy atom. The second-order valence-corrected chi connectivity index (χ2v) is 6.01. The molecule has 2 nitrogen and oxygen atoms in total. The monoisotopic (exact) mass is 306 g/mol. The summed E-state index contributed by atoms with van der Waals surface area (Å²) in [5.74, 6) is -0.182. The third kappa shape index (κ3) is 24.8. The van der Waals surface area contributed by atoms with Gasteiger partial charge in [0, 0.05) is 6.92 Å². The van der Waals surface area contributed by atoms with Crippen LogP contribution in [0.2, 0.25) is 0 Å². The predicted octanol–water partition coefficient (Wildman–Crippen LogP) is 2.35. The molecule has 0 aliphatic heterocycles. The standard InChI is InChI=1S/C6H12O2.2ClH.Sn/c1-3-4-5-8-6(2)7;;;/h3-5H2,1-2H3;2*1H;/q;;;+2/p-2. The minimum absolute atomic E-state index is 0.182. The normalized spacial score (nSPS) is 8.00. The Kier molecular flexibility index (Phi) is 17.6. The van der Waals surface area contributed by atoms with Crippen LogP contribution in [-0.2, 0) is 9.53 Å². The van der Waals surface area contributed by atoms with E-state index in [0.717, 1.165) is 12.8 Å². The van der Waals surface area contributed by atoms with Crippen LogP contribution in [0.25, 0.3) is 0 Å². The maximum absolute atomic E-state index is 10.1. The summed E-state index contributed by atoms with van der Waals surface area (Å²) in [6.45, 7) is 4.06. The van der Waals surface area contributed by atoms with E-state index in [4.69, 9.17) is 17.8 Å². The van der Waals surface area contributed by atoms with E-state index in [2.05, 4.69) is 11.7 Å². The molecule has 2 radical (unpaired) electrons. The minimum atomic E-state index is -0.826. The quantitative estimate of drug-likeness (QED) is 0.454. The molecule has 0 heterocycles. The molecule has 0 saturated carbocycles. The van der Waals surface area contributed by atoms with Crippen molar-refractivity contribution in [2.45, 2.75) is 26.7 Å². The topological polar surface area (TPSA) is 26.3 Å². The van der Waals surface area contributed by atoms with E-state index < -0.39 is 18.9 Å². The second-order valence-electron chi connectivity index (χ2n) is 1.77. The van der Waals surface area contributed by atoms with Crippen LogP contribution in [0.1, 0.15) is 26.7 Å². The summed E-state index contributed by atoms with van der Waals surface area (Å²) in [5.41, 5.74) is 0. The molecule has 0 unspecified atom stereocenters. The maximum atomic E-state index is 10.1. The van der Waals surface area contributed by atoms with Crippen molar-refractivity contribution in [1.29, 1.82) is 0 Å². The van der Waals surface area contributed by atoms with Crippen LogP contribution in [0.15, 0.2) is 0 Å². The summed E-state index contributed by atoms with van der Waals surface area (Å²) in [6, 6.07) is 0. The molecule has 11 heavy (non-hydrogen) atoms. The van der Waals surface area contributed by atoms with Gasteiger partial charge in [0.1, 0.15) is 0 Å². The van der Waals surface area contributed by atoms with E-state index >= 15 is 0 Å². The van der Waals surface area contributed by atoms with Crippen LogP contribution in [0.5, 0.6) is 0 Å². The number of rotatable bonds is 3. The fourth-order valence-corrected chi connectivity index (χ4v) is 0.360. The van der Waals surface area contributed by atoms with E-state index in [9.17, 15) is 4.79 Å². The predicted molar refractivity (Wildman–Crippen MR) is 49.0 cm³/mol. The van der Waals surface area contributed by atoms with E-state index in [1.807, 2.05) is 0 Å².